The van der Waals surface area contributed by atoms with Gasteiger partial charge in [-0.05, 0) is 42.5 Å². The predicted molar refractivity (Wildman–Crippen MR) is 107 cm³/mol. The van der Waals surface area contributed by atoms with Gasteiger partial charge in [0, 0.05) is 30.4 Å². The summed E-state index contributed by atoms with van der Waals surface area (Å²) >= 11 is 1.49. The molecule has 1 aromatic carbocycles. The quantitative estimate of drug-likeness (QED) is 0.551. The van der Waals surface area contributed by atoms with E-state index in [1.54, 1.807) is 12.4 Å². The molecule has 0 N–H and O–H groups in total. The van der Waals surface area contributed by atoms with E-state index in [0.29, 0.717) is 18.2 Å². The Labute approximate surface area is 163 Å². The van der Waals surface area contributed by atoms with Crippen molar-refractivity contribution in [1.29, 1.82) is 0 Å². The largest absolute Gasteiger partial charge is 0.299 e. The summed E-state index contributed by atoms with van der Waals surface area (Å²) in [6.07, 6.45) is 7.29. The summed E-state index contributed by atoms with van der Waals surface area (Å²) in [4.78, 5) is 16.5. The highest BCUT2D eigenvalue weighted by molar-refractivity contribution is 7.99. The Bertz CT molecular complexity index is 917. The van der Waals surface area contributed by atoms with Crippen LogP contribution in [-0.2, 0) is 17.6 Å². The van der Waals surface area contributed by atoms with E-state index < -0.39 is 0 Å². The van der Waals surface area contributed by atoms with E-state index in [0.717, 1.165) is 41.4 Å². The average molecular weight is 379 g/mol. The Balaban J connectivity index is 1.43. The van der Waals surface area contributed by atoms with E-state index in [9.17, 15) is 4.79 Å². The van der Waals surface area contributed by atoms with Crippen LogP contribution in [0.4, 0.5) is 0 Å². The fourth-order valence-corrected chi connectivity index (χ4v) is 3.92. The molecule has 0 unspecified atom stereocenters. The van der Waals surface area contributed by atoms with Crippen LogP contribution in [0.5, 0.6) is 0 Å². The Morgan fingerprint density at radius 3 is 2.44 bits per heavy atom. The summed E-state index contributed by atoms with van der Waals surface area (Å²) in [5.74, 6) is 1.49. The van der Waals surface area contributed by atoms with E-state index in [-0.39, 0.29) is 5.78 Å². The average Bonchev–Trinajstić information content (AvgIpc) is 3.46. The molecule has 1 saturated carbocycles. The van der Waals surface area contributed by atoms with E-state index in [2.05, 4.69) is 50.9 Å². The molecule has 0 spiro atoms. The number of ketones is 1. The molecule has 1 aliphatic carbocycles. The second-order valence-corrected chi connectivity index (χ2v) is 7.76. The van der Waals surface area contributed by atoms with Gasteiger partial charge in [0.05, 0.1) is 5.75 Å². The Hall–Kier alpha value is -2.47. The molecular formula is C21H22N4OS. The molecule has 2 aromatic heterocycles. The monoisotopic (exact) mass is 378 g/mol. The highest BCUT2D eigenvalue weighted by atomic mass is 32.2. The maximum atomic E-state index is 12.4. The fraction of sp³-hybridized carbons (Fsp3) is 0.333. The number of nitrogens with zero attached hydrogens (tertiary/aromatic N) is 4. The van der Waals surface area contributed by atoms with Gasteiger partial charge < -0.3 is 0 Å². The van der Waals surface area contributed by atoms with Crippen LogP contribution in [0.25, 0.3) is 11.4 Å². The lowest BCUT2D eigenvalue weighted by molar-refractivity contribution is -0.116. The van der Waals surface area contributed by atoms with Gasteiger partial charge in [-0.3, -0.25) is 14.3 Å². The molecule has 4 rings (SSSR count). The number of carbonyl (C=O) groups is 1. The van der Waals surface area contributed by atoms with Crippen molar-refractivity contribution in [2.75, 3.05) is 5.75 Å². The summed E-state index contributed by atoms with van der Waals surface area (Å²) in [6.45, 7) is 2.13. The molecule has 5 nitrogen and oxygen atoms in total. The first kappa shape index (κ1) is 17.9. The molecule has 0 radical (unpaired) electrons. The third-order valence-corrected chi connectivity index (χ3v) is 5.71. The smallest absolute Gasteiger partial charge is 0.192 e. The normalized spacial score (nSPS) is 13.7. The minimum absolute atomic E-state index is 0.208. The second-order valence-electron chi connectivity index (χ2n) is 6.82. The number of aryl methyl sites for hydroxylation is 1. The first-order valence-electron chi connectivity index (χ1n) is 9.32. The first-order valence-corrected chi connectivity index (χ1v) is 10.3. The number of benzene rings is 1. The molecule has 138 valence electrons. The molecule has 0 bridgehead atoms. The van der Waals surface area contributed by atoms with Gasteiger partial charge in [-0.2, -0.15) is 0 Å². The van der Waals surface area contributed by atoms with Gasteiger partial charge in [-0.15, -0.1) is 10.2 Å². The van der Waals surface area contributed by atoms with Crippen LogP contribution in [-0.4, -0.2) is 31.3 Å². The Kier molecular flexibility index (Phi) is 5.34. The zero-order chi connectivity index (χ0) is 18.6. The lowest BCUT2D eigenvalue weighted by atomic mass is 10.1. The van der Waals surface area contributed by atoms with Crippen molar-refractivity contribution in [2.45, 2.75) is 43.8 Å². The molecule has 0 aliphatic heterocycles. The molecule has 3 aromatic rings. The SMILES string of the molecule is CCc1ccc(CC(=O)CSc2nnc(-c3ccncc3)n2C2CC2)cc1. The topological polar surface area (TPSA) is 60.7 Å². The van der Waals surface area contributed by atoms with Crippen LogP contribution in [0.2, 0.25) is 0 Å². The van der Waals surface area contributed by atoms with Crippen LogP contribution in [0, 0.1) is 0 Å². The van der Waals surface area contributed by atoms with Crippen molar-refractivity contribution in [3.05, 3.63) is 59.9 Å². The molecule has 0 saturated heterocycles. The van der Waals surface area contributed by atoms with Crippen molar-refractivity contribution >= 4 is 17.5 Å². The van der Waals surface area contributed by atoms with Gasteiger partial charge in [0.2, 0.25) is 0 Å². The first-order chi connectivity index (χ1) is 13.2. The van der Waals surface area contributed by atoms with Crippen LogP contribution >= 0.6 is 11.8 Å². The number of pyridine rings is 1. The number of aromatic nitrogens is 4. The van der Waals surface area contributed by atoms with Crippen molar-refractivity contribution in [3.63, 3.8) is 0 Å². The van der Waals surface area contributed by atoms with Crippen molar-refractivity contribution < 1.29 is 4.79 Å². The fourth-order valence-electron chi connectivity index (χ4n) is 3.05. The van der Waals surface area contributed by atoms with Crippen molar-refractivity contribution in [2.24, 2.45) is 0 Å². The molecule has 27 heavy (non-hydrogen) atoms. The number of hydrogen-bond acceptors (Lipinski definition) is 5. The maximum absolute atomic E-state index is 12.4. The lowest BCUT2D eigenvalue weighted by Gasteiger charge is -2.08. The van der Waals surface area contributed by atoms with Crippen LogP contribution in [0.3, 0.4) is 0 Å². The molecule has 6 heteroatoms. The lowest BCUT2D eigenvalue weighted by Crippen LogP contribution is -2.07. The number of thioether (sulfide) groups is 1. The summed E-state index contributed by atoms with van der Waals surface area (Å²) in [7, 11) is 0. The Morgan fingerprint density at radius 2 is 1.78 bits per heavy atom. The number of rotatable bonds is 8. The van der Waals surface area contributed by atoms with E-state index >= 15 is 0 Å². The third-order valence-electron chi connectivity index (χ3n) is 4.71. The van der Waals surface area contributed by atoms with Gasteiger partial charge in [-0.25, -0.2) is 0 Å². The Morgan fingerprint density at radius 1 is 1.07 bits per heavy atom. The van der Waals surface area contributed by atoms with E-state index in [1.807, 2.05) is 12.1 Å². The van der Waals surface area contributed by atoms with Crippen molar-refractivity contribution in [1.82, 2.24) is 19.7 Å². The highest BCUT2D eigenvalue weighted by Gasteiger charge is 2.30. The van der Waals surface area contributed by atoms with Crippen LogP contribution < -0.4 is 0 Å². The molecule has 0 atom stereocenters. The minimum atomic E-state index is 0.208. The van der Waals surface area contributed by atoms with Gasteiger partial charge in [0.15, 0.2) is 11.0 Å². The van der Waals surface area contributed by atoms with Crippen LogP contribution in [0.15, 0.2) is 53.9 Å². The minimum Gasteiger partial charge on any atom is -0.299 e. The van der Waals surface area contributed by atoms with E-state index in [1.165, 1.54) is 17.3 Å². The molecule has 1 fully saturated rings. The van der Waals surface area contributed by atoms with Gasteiger partial charge in [0.1, 0.15) is 5.78 Å². The molecule has 0 amide bonds. The molecular weight excluding hydrogens is 356 g/mol. The molecule has 2 heterocycles. The number of hydrogen-bond donors (Lipinski definition) is 0. The maximum Gasteiger partial charge on any atom is 0.192 e. The number of Topliss-reactive ketones (excluding diaryl/α,β-unsaturated/α-hetero) is 1. The zero-order valence-corrected chi connectivity index (χ0v) is 16.2. The van der Waals surface area contributed by atoms with E-state index in [4.69, 9.17) is 0 Å². The summed E-state index contributed by atoms with van der Waals surface area (Å²) in [5.41, 5.74) is 3.37. The predicted octanol–water partition coefficient (Wildman–Crippen LogP) is 4.14. The van der Waals surface area contributed by atoms with Gasteiger partial charge in [0.25, 0.3) is 0 Å². The number of carbonyl (C=O) groups excluding carboxylic acids is 1. The van der Waals surface area contributed by atoms with Gasteiger partial charge in [-0.1, -0.05) is 43.0 Å². The summed E-state index contributed by atoms with van der Waals surface area (Å²) < 4.78 is 2.18. The highest BCUT2D eigenvalue weighted by Crippen LogP contribution is 2.40. The second kappa shape index (κ2) is 8.05. The van der Waals surface area contributed by atoms with Gasteiger partial charge >= 0.3 is 0 Å². The zero-order valence-electron chi connectivity index (χ0n) is 15.3. The summed E-state index contributed by atoms with van der Waals surface area (Å²) in [5, 5.41) is 9.57. The third kappa shape index (κ3) is 4.27. The standard InChI is InChI=1S/C21H22N4OS/c1-2-15-3-5-16(6-4-15)13-19(26)14-27-21-24-23-20(25(21)18-7-8-18)17-9-11-22-12-10-17/h3-6,9-12,18H,2,7-8,13-14H2,1H3. The summed E-state index contributed by atoms with van der Waals surface area (Å²) in [6, 6.07) is 12.6. The van der Waals surface area contributed by atoms with Crippen LogP contribution in [0.1, 0.15) is 36.9 Å². The van der Waals surface area contributed by atoms with Crippen molar-refractivity contribution in [3.8, 4) is 11.4 Å². The molecule has 1 aliphatic rings.